The first kappa shape index (κ1) is 15.1. The third-order valence-corrected chi connectivity index (χ3v) is 2.71. The van der Waals surface area contributed by atoms with Crippen molar-refractivity contribution in [3.63, 3.8) is 0 Å². The average Bonchev–Trinajstić information content (AvgIpc) is 2.49. The van der Waals surface area contributed by atoms with Crippen LogP contribution < -0.4 is 10.6 Å². The van der Waals surface area contributed by atoms with E-state index in [1.165, 1.54) is 30.5 Å². The van der Waals surface area contributed by atoms with Gasteiger partial charge in [-0.1, -0.05) is 18.2 Å². The molecule has 8 nitrogen and oxygen atoms in total. The predicted octanol–water partition coefficient (Wildman–Crippen LogP) is 1.88. The highest BCUT2D eigenvalue weighted by Gasteiger charge is 2.19. The molecule has 0 unspecified atom stereocenters. The van der Waals surface area contributed by atoms with Gasteiger partial charge in [0.15, 0.2) is 0 Å². The predicted molar refractivity (Wildman–Crippen MR) is 79.3 cm³/mol. The van der Waals surface area contributed by atoms with Gasteiger partial charge in [0.2, 0.25) is 0 Å². The molecule has 2 aromatic rings. The van der Waals surface area contributed by atoms with Gasteiger partial charge in [-0.3, -0.25) is 19.7 Å². The van der Waals surface area contributed by atoms with Crippen LogP contribution in [0, 0.1) is 17.0 Å². The highest BCUT2D eigenvalue weighted by Crippen LogP contribution is 2.22. The molecule has 0 bridgehead atoms. The zero-order chi connectivity index (χ0) is 16.1. The fourth-order valence-corrected chi connectivity index (χ4v) is 1.63. The van der Waals surface area contributed by atoms with Gasteiger partial charge in [-0.2, -0.15) is 0 Å². The maximum absolute atomic E-state index is 11.8. The quantitative estimate of drug-likeness (QED) is 0.510. The molecule has 0 saturated heterocycles. The fourth-order valence-electron chi connectivity index (χ4n) is 1.63. The van der Waals surface area contributed by atoms with Crippen LogP contribution in [-0.2, 0) is 9.59 Å². The van der Waals surface area contributed by atoms with Crippen molar-refractivity contribution in [2.24, 2.45) is 0 Å². The van der Waals surface area contributed by atoms with Crippen molar-refractivity contribution < 1.29 is 14.5 Å². The van der Waals surface area contributed by atoms with Crippen LogP contribution in [0.1, 0.15) is 5.56 Å². The van der Waals surface area contributed by atoms with Crippen molar-refractivity contribution >= 4 is 29.0 Å². The summed E-state index contributed by atoms with van der Waals surface area (Å²) in [5, 5.41) is 15.3. The number of anilines is 2. The smallest absolute Gasteiger partial charge is 0.312 e. The first-order valence-electron chi connectivity index (χ1n) is 6.26. The van der Waals surface area contributed by atoms with Crippen LogP contribution >= 0.6 is 0 Å². The van der Waals surface area contributed by atoms with Crippen LogP contribution in [-0.4, -0.2) is 21.7 Å². The SMILES string of the molecule is Cc1ccc(NC(=O)C(=O)Nc2ccccc2[N+](=O)[O-])nc1. The Kier molecular flexibility index (Phi) is 4.42. The molecule has 1 aromatic carbocycles. The molecule has 8 heteroatoms. The number of nitro groups is 1. The van der Waals surface area contributed by atoms with E-state index in [1.54, 1.807) is 12.1 Å². The Morgan fingerprint density at radius 1 is 1.09 bits per heavy atom. The fraction of sp³-hybridized carbons (Fsp3) is 0.0714. The summed E-state index contributed by atoms with van der Waals surface area (Å²) in [5.74, 6) is -1.76. The summed E-state index contributed by atoms with van der Waals surface area (Å²) in [4.78, 5) is 37.7. The number of nitrogens with zero attached hydrogens (tertiary/aromatic N) is 2. The van der Waals surface area contributed by atoms with Crippen LogP contribution in [0.2, 0.25) is 0 Å². The largest absolute Gasteiger partial charge is 0.315 e. The first-order valence-corrected chi connectivity index (χ1v) is 6.26. The number of hydrogen-bond acceptors (Lipinski definition) is 5. The van der Waals surface area contributed by atoms with E-state index < -0.39 is 16.7 Å². The minimum Gasteiger partial charge on any atom is -0.312 e. The lowest BCUT2D eigenvalue weighted by Gasteiger charge is -2.06. The number of aryl methyl sites for hydroxylation is 1. The van der Waals surface area contributed by atoms with Gasteiger partial charge in [0, 0.05) is 12.3 Å². The van der Waals surface area contributed by atoms with E-state index in [4.69, 9.17) is 0 Å². The number of hydrogen-bond donors (Lipinski definition) is 2. The summed E-state index contributed by atoms with van der Waals surface area (Å²) >= 11 is 0. The molecule has 0 aliphatic heterocycles. The molecule has 112 valence electrons. The van der Waals surface area contributed by atoms with Gasteiger partial charge in [0.25, 0.3) is 5.69 Å². The van der Waals surface area contributed by atoms with E-state index >= 15 is 0 Å². The van der Waals surface area contributed by atoms with E-state index in [0.29, 0.717) is 0 Å². The van der Waals surface area contributed by atoms with Crippen molar-refractivity contribution in [1.29, 1.82) is 0 Å². The zero-order valence-corrected chi connectivity index (χ0v) is 11.6. The molecule has 0 saturated carbocycles. The highest BCUT2D eigenvalue weighted by atomic mass is 16.6. The Labute approximate surface area is 125 Å². The Morgan fingerprint density at radius 3 is 2.41 bits per heavy atom. The second kappa shape index (κ2) is 6.44. The molecule has 2 N–H and O–H groups in total. The number of carbonyl (C=O) groups excluding carboxylic acids is 2. The number of para-hydroxylation sites is 2. The van der Waals surface area contributed by atoms with E-state index in [9.17, 15) is 19.7 Å². The van der Waals surface area contributed by atoms with Crippen LogP contribution in [0.4, 0.5) is 17.2 Å². The van der Waals surface area contributed by atoms with Gasteiger partial charge in [-0.25, -0.2) is 4.98 Å². The van der Waals surface area contributed by atoms with Crippen molar-refractivity contribution in [3.8, 4) is 0 Å². The summed E-state index contributed by atoms with van der Waals surface area (Å²) < 4.78 is 0. The van der Waals surface area contributed by atoms with E-state index in [1.807, 2.05) is 6.92 Å². The Bertz CT molecular complexity index is 728. The standard InChI is InChI=1S/C14H12N4O4/c1-9-6-7-12(15-8-9)17-14(20)13(19)16-10-4-2-3-5-11(10)18(21)22/h2-8H,1H3,(H,16,19)(H,15,17,20). The minimum absolute atomic E-state index is 0.0514. The van der Waals surface area contributed by atoms with Gasteiger partial charge >= 0.3 is 11.8 Å². The molecule has 0 radical (unpaired) electrons. The number of rotatable bonds is 3. The Hall–Kier alpha value is -3.29. The van der Waals surface area contributed by atoms with Crippen LogP contribution in [0.3, 0.4) is 0 Å². The monoisotopic (exact) mass is 300 g/mol. The topological polar surface area (TPSA) is 114 Å². The molecule has 0 atom stereocenters. The lowest BCUT2D eigenvalue weighted by molar-refractivity contribution is -0.383. The van der Waals surface area contributed by atoms with Gasteiger partial charge in [0.1, 0.15) is 11.5 Å². The molecular formula is C14H12N4O4. The van der Waals surface area contributed by atoms with Crippen LogP contribution in [0.5, 0.6) is 0 Å². The van der Waals surface area contributed by atoms with Crippen LogP contribution in [0.15, 0.2) is 42.6 Å². The summed E-state index contributed by atoms with van der Waals surface area (Å²) in [6, 6.07) is 8.82. The third-order valence-electron chi connectivity index (χ3n) is 2.71. The third kappa shape index (κ3) is 3.63. The van der Waals surface area contributed by atoms with E-state index in [0.717, 1.165) is 5.56 Å². The summed E-state index contributed by atoms with van der Waals surface area (Å²) in [6.45, 7) is 1.83. The molecule has 0 spiro atoms. The number of pyridine rings is 1. The number of nitro benzene ring substituents is 1. The minimum atomic E-state index is -1.02. The number of nitrogens with one attached hydrogen (secondary N) is 2. The second-order valence-corrected chi connectivity index (χ2v) is 4.40. The normalized spacial score (nSPS) is 9.86. The average molecular weight is 300 g/mol. The van der Waals surface area contributed by atoms with E-state index in [2.05, 4.69) is 15.6 Å². The van der Waals surface area contributed by atoms with Crippen LogP contribution in [0.25, 0.3) is 0 Å². The highest BCUT2D eigenvalue weighted by molar-refractivity contribution is 6.43. The lowest BCUT2D eigenvalue weighted by Crippen LogP contribution is -2.29. The van der Waals surface area contributed by atoms with Gasteiger partial charge in [-0.15, -0.1) is 0 Å². The summed E-state index contributed by atoms with van der Waals surface area (Å²) in [6.07, 6.45) is 1.54. The maximum Gasteiger partial charge on any atom is 0.315 e. The second-order valence-electron chi connectivity index (χ2n) is 4.40. The molecule has 1 aromatic heterocycles. The summed E-state index contributed by atoms with van der Waals surface area (Å²) in [7, 11) is 0. The van der Waals surface area contributed by atoms with Crippen molar-refractivity contribution in [3.05, 3.63) is 58.3 Å². The molecule has 1 heterocycles. The molecular weight excluding hydrogens is 288 g/mol. The number of benzene rings is 1. The zero-order valence-electron chi connectivity index (χ0n) is 11.6. The van der Waals surface area contributed by atoms with Crippen molar-refractivity contribution in [2.45, 2.75) is 6.92 Å². The van der Waals surface area contributed by atoms with Gasteiger partial charge in [-0.05, 0) is 24.6 Å². The Balaban J connectivity index is 2.07. The molecule has 2 amide bonds. The van der Waals surface area contributed by atoms with Gasteiger partial charge < -0.3 is 10.6 Å². The first-order chi connectivity index (χ1) is 10.5. The number of aromatic nitrogens is 1. The van der Waals surface area contributed by atoms with Crippen molar-refractivity contribution in [1.82, 2.24) is 4.98 Å². The molecule has 22 heavy (non-hydrogen) atoms. The molecule has 0 fully saturated rings. The Morgan fingerprint density at radius 2 is 1.77 bits per heavy atom. The molecule has 2 rings (SSSR count). The molecule has 0 aliphatic carbocycles. The summed E-state index contributed by atoms with van der Waals surface area (Å²) in [5.41, 5.74) is 0.559. The van der Waals surface area contributed by atoms with Gasteiger partial charge in [0.05, 0.1) is 4.92 Å². The number of carbonyl (C=O) groups is 2. The lowest BCUT2D eigenvalue weighted by atomic mass is 10.2. The number of amides is 2. The maximum atomic E-state index is 11.8. The van der Waals surface area contributed by atoms with Crippen molar-refractivity contribution in [2.75, 3.05) is 10.6 Å². The molecule has 0 aliphatic rings. The van der Waals surface area contributed by atoms with E-state index in [-0.39, 0.29) is 17.2 Å².